The second-order valence-corrected chi connectivity index (χ2v) is 7.53. The zero-order valence-electron chi connectivity index (χ0n) is 13.6. The van der Waals surface area contributed by atoms with E-state index < -0.39 is 35.2 Å². The third-order valence-electron chi connectivity index (χ3n) is 4.27. The second kappa shape index (κ2) is 6.82. The Labute approximate surface area is 158 Å². The molecule has 3 atom stereocenters. The highest BCUT2D eigenvalue weighted by molar-refractivity contribution is 8.00. The largest absolute Gasteiger partial charge is 0.506 e. The molecule has 0 saturated carbocycles. The van der Waals surface area contributed by atoms with Crippen molar-refractivity contribution >= 4 is 41.1 Å². The third-order valence-corrected chi connectivity index (χ3v) is 6.00. The van der Waals surface area contributed by atoms with Gasteiger partial charge in [-0.2, -0.15) is 0 Å². The molecule has 26 heavy (non-hydrogen) atoms. The molecule has 138 valence electrons. The van der Waals surface area contributed by atoms with Crippen LogP contribution >= 0.6 is 23.4 Å². The van der Waals surface area contributed by atoms with Gasteiger partial charge in [0.1, 0.15) is 28.9 Å². The lowest BCUT2D eigenvalue weighted by Crippen LogP contribution is -2.71. The molecule has 2 aliphatic rings. The molecule has 0 radical (unpaired) electrons. The summed E-state index contributed by atoms with van der Waals surface area (Å²) < 4.78 is 0. The lowest BCUT2D eigenvalue weighted by molar-refractivity contribution is -0.150. The fourth-order valence-electron chi connectivity index (χ4n) is 2.89. The highest BCUT2D eigenvalue weighted by Gasteiger charge is 2.53. The normalized spacial score (nSPS) is 23.2. The minimum Gasteiger partial charge on any atom is -0.506 e. The number of carbonyl (C=O) groups excluding carboxylic acids is 2. The molecule has 10 heteroatoms. The number of carboxylic acid groups (broad SMARTS) is 1. The third kappa shape index (κ3) is 3.02. The molecule has 2 amide bonds. The molecule has 2 aliphatic heterocycles. The number of thioether (sulfide) groups is 1. The van der Waals surface area contributed by atoms with E-state index in [1.807, 2.05) is 0 Å². The lowest BCUT2D eigenvalue weighted by atomic mass is 10.0. The van der Waals surface area contributed by atoms with Crippen LogP contribution in [0.3, 0.4) is 0 Å². The Balaban J connectivity index is 1.72. The molecule has 3 rings (SSSR count). The van der Waals surface area contributed by atoms with Crippen LogP contribution in [-0.2, 0) is 14.4 Å². The Morgan fingerprint density at radius 3 is 2.77 bits per heavy atom. The van der Waals surface area contributed by atoms with Gasteiger partial charge in [0, 0.05) is 5.75 Å². The van der Waals surface area contributed by atoms with Crippen molar-refractivity contribution in [3.63, 3.8) is 0 Å². The maximum atomic E-state index is 12.4. The number of hydrogen-bond acceptors (Lipinski definition) is 6. The Morgan fingerprint density at radius 1 is 1.46 bits per heavy atom. The fraction of sp³-hybridized carbons (Fsp3) is 0.312. The second-order valence-electron chi connectivity index (χ2n) is 6.02. The zero-order chi connectivity index (χ0) is 19.2. The molecule has 0 spiro atoms. The highest BCUT2D eigenvalue weighted by Crippen LogP contribution is 2.40. The molecule has 1 saturated heterocycles. The van der Waals surface area contributed by atoms with E-state index in [1.165, 1.54) is 34.9 Å². The first-order valence-electron chi connectivity index (χ1n) is 7.64. The van der Waals surface area contributed by atoms with Crippen molar-refractivity contribution in [2.45, 2.75) is 24.4 Å². The molecule has 0 bridgehead atoms. The van der Waals surface area contributed by atoms with Crippen LogP contribution in [0.2, 0.25) is 5.02 Å². The summed E-state index contributed by atoms with van der Waals surface area (Å²) in [6.45, 7) is 1.66. The van der Waals surface area contributed by atoms with E-state index in [0.717, 1.165) is 0 Å². The number of rotatable bonds is 4. The zero-order valence-corrected chi connectivity index (χ0v) is 15.2. The van der Waals surface area contributed by atoms with Gasteiger partial charge >= 0.3 is 5.97 Å². The van der Waals surface area contributed by atoms with Crippen molar-refractivity contribution in [3.05, 3.63) is 40.1 Å². The smallest absolute Gasteiger partial charge is 0.352 e. The predicted octanol–water partition coefficient (Wildman–Crippen LogP) is 0.804. The van der Waals surface area contributed by atoms with Crippen LogP contribution in [0.25, 0.3) is 0 Å². The summed E-state index contributed by atoms with van der Waals surface area (Å²) in [5.41, 5.74) is 6.87. The molecular weight excluding hydrogens is 382 g/mol. The van der Waals surface area contributed by atoms with Gasteiger partial charge < -0.3 is 21.3 Å². The Kier molecular flexibility index (Phi) is 4.87. The number of phenols is 1. The van der Waals surface area contributed by atoms with Gasteiger partial charge in [-0.05, 0) is 30.2 Å². The van der Waals surface area contributed by atoms with Gasteiger partial charge in [-0.3, -0.25) is 14.5 Å². The number of nitrogens with zero attached hydrogens (tertiary/aromatic N) is 1. The number of hydrogen-bond donors (Lipinski definition) is 4. The van der Waals surface area contributed by atoms with E-state index >= 15 is 0 Å². The van der Waals surface area contributed by atoms with Crippen LogP contribution in [0.15, 0.2) is 29.5 Å². The number of nitrogens with one attached hydrogen (secondary N) is 1. The minimum atomic E-state index is -1.17. The topological polar surface area (TPSA) is 133 Å². The predicted molar refractivity (Wildman–Crippen MR) is 95.4 cm³/mol. The number of halogens is 1. The van der Waals surface area contributed by atoms with Gasteiger partial charge in [0.2, 0.25) is 5.91 Å². The Bertz CT molecular complexity index is 843. The quantitative estimate of drug-likeness (QED) is 0.552. The number of nitrogens with two attached hydrogens (primary N) is 1. The number of aliphatic carboxylic acids is 1. The highest BCUT2D eigenvalue weighted by atomic mass is 35.5. The SMILES string of the molecule is CC1=C(C(=O)O)N2C(=O)[C@@H](NC(=O)[C@@H](N)c3ccc(O)c(Cl)c3)[C@H]2SC1. The van der Waals surface area contributed by atoms with Crippen LogP contribution in [0.5, 0.6) is 5.75 Å². The van der Waals surface area contributed by atoms with E-state index in [9.17, 15) is 24.6 Å². The summed E-state index contributed by atoms with van der Waals surface area (Å²) in [7, 11) is 0. The van der Waals surface area contributed by atoms with E-state index in [2.05, 4.69) is 5.32 Å². The standard InChI is InChI=1S/C16H16ClN3O5S/c1-6-5-26-15-11(14(23)20(15)12(6)16(24)25)19-13(22)10(18)7-2-3-9(21)8(17)4-7/h2-4,10-11,15,21H,5,18H2,1H3,(H,19,22)(H,24,25)/t10-,11+,15+/m0/s1. The maximum absolute atomic E-state index is 12.4. The van der Waals surface area contributed by atoms with Gasteiger partial charge in [-0.1, -0.05) is 17.7 Å². The van der Waals surface area contributed by atoms with E-state index in [0.29, 0.717) is 16.9 Å². The van der Waals surface area contributed by atoms with Gasteiger partial charge in [-0.25, -0.2) is 4.79 Å². The molecule has 5 N–H and O–H groups in total. The van der Waals surface area contributed by atoms with Gasteiger partial charge in [0.15, 0.2) is 0 Å². The van der Waals surface area contributed by atoms with Crippen LogP contribution in [0, 0.1) is 0 Å². The van der Waals surface area contributed by atoms with Gasteiger partial charge in [0.25, 0.3) is 5.91 Å². The Hall–Kier alpha value is -2.23. The molecule has 0 unspecified atom stereocenters. The monoisotopic (exact) mass is 397 g/mol. The molecule has 2 heterocycles. The lowest BCUT2D eigenvalue weighted by Gasteiger charge is -2.49. The molecule has 1 aromatic rings. The molecule has 0 aromatic heterocycles. The van der Waals surface area contributed by atoms with Crippen LogP contribution in [-0.4, -0.2) is 50.1 Å². The van der Waals surface area contributed by atoms with Gasteiger partial charge in [0.05, 0.1) is 5.02 Å². The maximum Gasteiger partial charge on any atom is 0.352 e. The molecular formula is C16H16ClN3O5S. The van der Waals surface area contributed by atoms with E-state index in [1.54, 1.807) is 6.92 Å². The minimum absolute atomic E-state index is 0.0288. The summed E-state index contributed by atoms with van der Waals surface area (Å²) >= 11 is 7.20. The average molecular weight is 398 g/mol. The number of phenolic OH excluding ortho intramolecular Hbond substituents is 1. The summed E-state index contributed by atoms with van der Waals surface area (Å²) in [4.78, 5) is 37.3. The summed E-state index contributed by atoms with van der Waals surface area (Å²) in [5, 5.41) is 20.9. The first-order chi connectivity index (χ1) is 12.2. The number of aromatic hydroxyl groups is 1. The summed E-state index contributed by atoms with van der Waals surface area (Å²) in [6, 6.07) is 2.24. The van der Waals surface area contributed by atoms with Crippen molar-refractivity contribution in [3.8, 4) is 5.75 Å². The van der Waals surface area contributed by atoms with Crippen molar-refractivity contribution in [2.75, 3.05) is 5.75 Å². The molecule has 1 aromatic carbocycles. The first-order valence-corrected chi connectivity index (χ1v) is 9.07. The van der Waals surface area contributed by atoms with Crippen molar-refractivity contribution in [1.29, 1.82) is 0 Å². The first kappa shape index (κ1) is 18.6. The van der Waals surface area contributed by atoms with Crippen molar-refractivity contribution < 1.29 is 24.6 Å². The molecule has 0 aliphatic carbocycles. The van der Waals surface area contributed by atoms with Gasteiger partial charge in [-0.15, -0.1) is 11.8 Å². The molecule has 1 fully saturated rings. The van der Waals surface area contributed by atoms with E-state index in [-0.39, 0.29) is 16.5 Å². The average Bonchev–Trinajstić information content (AvgIpc) is 2.60. The number of fused-ring (bicyclic) bond motifs is 1. The van der Waals surface area contributed by atoms with Crippen LogP contribution in [0.4, 0.5) is 0 Å². The van der Waals surface area contributed by atoms with E-state index in [4.69, 9.17) is 17.3 Å². The Morgan fingerprint density at radius 2 is 2.15 bits per heavy atom. The number of carbonyl (C=O) groups is 3. The number of carboxylic acids is 1. The molecule has 8 nitrogen and oxygen atoms in total. The van der Waals surface area contributed by atoms with Crippen LogP contribution in [0.1, 0.15) is 18.5 Å². The van der Waals surface area contributed by atoms with Crippen molar-refractivity contribution in [2.24, 2.45) is 5.73 Å². The van der Waals surface area contributed by atoms with Crippen molar-refractivity contribution in [1.82, 2.24) is 10.2 Å². The number of amides is 2. The fourth-order valence-corrected chi connectivity index (χ4v) is 4.37. The summed E-state index contributed by atoms with van der Waals surface area (Å²) in [6.07, 6.45) is 0. The van der Waals surface area contributed by atoms with Crippen LogP contribution < -0.4 is 11.1 Å². The number of benzene rings is 1. The summed E-state index contributed by atoms with van der Waals surface area (Å²) in [5.74, 6) is -1.91. The number of β-lactam (4-membered cyclic amide) rings is 1.